The van der Waals surface area contributed by atoms with Gasteiger partial charge in [0.05, 0.1) is 16.4 Å². The molecule has 1 saturated carbocycles. The summed E-state index contributed by atoms with van der Waals surface area (Å²) in [7, 11) is 1.92. The van der Waals surface area contributed by atoms with Crippen molar-refractivity contribution in [3.8, 4) is 0 Å². The van der Waals surface area contributed by atoms with Crippen molar-refractivity contribution in [1.29, 1.82) is 0 Å². The molecule has 1 fully saturated rings. The van der Waals surface area contributed by atoms with Crippen LogP contribution in [0.15, 0.2) is 18.2 Å². The number of fused-ring (bicyclic) bond motifs is 1. The highest BCUT2D eigenvalue weighted by atomic mass is 35.5. The summed E-state index contributed by atoms with van der Waals surface area (Å²) in [6.07, 6.45) is 3.95. The molecular formula is C15H17ClN2O2. The quantitative estimate of drug-likeness (QED) is 0.943. The molecule has 0 unspecified atom stereocenters. The fraction of sp³-hybridized carbons (Fsp3) is 0.467. The van der Waals surface area contributed by atoms with Crippen LogP contribution in [0.3, 0.4) is 0 Å². The van der Waals surface area contributed by atoms with Crippen molar-refractivity contribution >= 4 is 28.6 Å². The molecule has 1 aromatic heterocycles. The number of hydrogen-bond acceptors (Lipinski definition) is 2. The highest BCUT2D eigenvalue weighted by Gasteiger charge is 2.42. The predicted octanol–water partition coefficient (Wildman–Crippen LogP) is 3.41. The fourth-order valence-corrected chi connectivity index (χ4v) is 3.36. The Kier molecular flexibility index (Phi) is 3.21. The lowest BCUT2D eigenvalue weighted by molar-refractivity contribution is -0.148. The molecule has 0 atom stereocenters. The van der Waals surface area contributed by atoms with Crippen molar-refractivity contribution in [2.75, 3.05) is 0 Å². The normalized spacial score (nSPS) is 17.7. The highest BCUT2D eigenvalue weighted by molar-refractivity contribution is 6.31. The molecule has 0 amide bonds. The Balaban J connectivity index is 2.02. The van der Waals surface area contributed by atoms with Gasteiger partial charge in [0.1, 0.15) is 5.82 Å². The molecule has 4 nitrogen and oxygen atoms in total. The molecule has 2 aromatic rings. The second kappa shape index (κ2) is 4.77. The molecule has 1 aliphatic carbocycles. The summed E-state index contributed by atoms with van der Waals surface area (Å²) < 4.78 is 1.96. The van der Waals surface area contributed by atoms with Gasteiger partial charge in [-0.25, -0.2) is 4.98 Å². The van der Waals surface area contributed by atoms with Gasteiger partial charge in [-0.3, -0.25) is 4.79 Å². The first-order valence-electron chi connectivity index (χ1n) is 6.86. The van der Waals surface area contributed by atoms with Gasteiger partial charge in [0.25, 0.3) is 0 Å². The minimum absolute atomic E-state index is 0.491. The SMILES string of the molecule is Cn1c(CC2(C(=O)O)CCCC2)nc2ccc(Cl)cc21. The second-order valence-corrected chi connectivity index (χ2v) is 6.13. The third-order valence-electron chi connectivity index (χ3n) is 4.45. The lowest BCUT2D eigenvalue weighted by Crippen LogP contribution is -2.31. The van der Waals surface area contributed by atoms with Gasteiger partial charge >= 0.3 is 5.97 Å². The van der Waals surface area contributed by atoms with Crippen molar-refractivity contribution in [2.24, 2.45) is 12.5 Å². The van der Waals surface area contributed by atoms with E-state index in [1.807, 2.05) is 29.8 Å². The van der Waals surface area contributed by atoms with Gasteiger partial charge in [-0.1, -0.05) is 24.4 Å². The van der Waals surface area contributed by atoms with Crippen molar-refractivity contribution < 1.29 is 9.90 Å². The van der Waals surface area contributed by atoms with Gasteiger partial charge in [0, 0.05) is 18.5 Å². The lowest BCUT2D eigenvalue weighted by atomic mass is 9.82. The van der Waals surface area contributed by atoms with Crippen LogP contribution < -0.4 is 0 Å². The number of nitrogens with zero attached hydrogens (tertiary/aromatic N) is 2. The standard InChI is InChI=1S/C15H17ClN2O2/c1-18-12-8-10(16)4-5-11(12)17-13(18)9-15(14(19)20)6-2-3-7-15/h4-5,8H,2-3,6-7,9H2,1H3,(H,19,20). The Morgan fingerprint density at radius 1 is 1.45 bits per heavy atom. The van der Waals surface area contributed by atoms with Gasteiger partial charge in [0.2, 0.25) is 0 Å². The van der Waals surface area contributed by atoms with Gasteiger partial charge in [-0.15, -0.1) is 0 Å². The van der Waals surface area contributed by atoms with Crippen LogP contribution in [-0.4, -0.2) is 20.6 Å². The minimum atomic E-state index is -0.694. The molecule has 1 aromatic carbocycles. The maximum atomic E-state index is 11.7. The molecule has 0 bridgehead atoms. The average Bonchev–Trinajstić information content (AvgIpc) is 2.99. The summed E-state index contributed by atoms with van der Waals surface area (Å²) in [5.74, 6) is 0.131. The molecule has 3 rings (SSSR count). The number of aryl methyl sites for hydroxylation is 1. The predicted molar refractivity (Wildman–Crippen MR) is 78.0 cm³/mol. The van der Waals surface area contributed by atoms with Crippen LogP contribution in [0, 0.1) is 5.41 Å². The molecule has 1 heterocycles. The van der Waals surface area contributed by atoms with Crippen LogP contribution in [0.4, 0.5) is 0 Å². The maximum Gasteiger partial charge on any atom is 0.310 e. The Morgan fingerprint density at radius 3 is 2.80 bits per heavy atom. The number of imidazole rings is 1. The molecule has 0 saturated heterocycles. The van der Waals surface area contributed by atoms with E-state index in [2.05, 4.69) is 4.98 Å². The molecule has 20 heavy (non-hydrogen) atoms. The zero-order chi connectivity index (χ0) is 14.3. The number of aliphatic carboxylic acids is 1. The molecule has 1 N–H and O–H groups in total. The van der Waals surface area contributed by atoms with E-state index in [1.165, 1.54) is 0 Å². The summed E-state index contributed by atoms with van der Waals surface area (Å²) >= 11 is 6.01. The molecule has 106 valence electrons. The first-order chi connectivity index (χ1) is 9.52. The molecule has 0 radical (unpaired) electrons. The van der Waals surface area contributed by atoms with E-state index in [0.717, 1.165) is 42.5 Å². The molecular weight excluding hydrogens is 276 g/mol. The summed E-state index contributed by atoms with van der Waals surface area (Å²) in [4.78, 5) is 16.2. The van der Waals surface area contributed by atoms with E-state index in [-0.39, 0.29) is 0 Å². The number of halogens is 1. The van der Waals surface area contributed by atoms with Gasteiger partial charge in [0.15, 0.2) is 0 Å². The zero-order valence-electron chi connectivity index (χ0n) is 11.4. The molecule has 1 aliphatic rings. The number of benzene rings is 1. The Hall–Kier alpha value is -1.55. The van der Waals surface area contributed by atoms with E-state index in [4.69, 9.17) is 11.6 Å². The highest BCUT2D eigenvalue weighted by Crippen LogP contribution is 2.41. The van der Waals surface area contributed by atoms with Gasteiger partial charge in [-0.2, -0.15) is 0 Å². The topological polar surface area (TPSA) is 55.1 Å². The number of rotatable bonds is 3. The van der Waals surface area contributed by atoms with Gasteiger partial charge < -0.3 is 9.67 Å². The summed E-state index contributed by atoms with van der Waals surface area (Å²) in [5.41, 5.74) is 1.18. The zero-order valence-corrected chi connectivity index (χ0v) is 12.2. The van der Waals surface area contributed by atoms with Crippen LogP contribution in [0.25, 0.3) is 11.0 Å². The first-order valence-corrected chi connectivity index (χ1v) is 7.24. The van der Waals surface area contributed by atoms with Crippen LogP contribution >= 0.6 is 11.6 Å². The third kappa shape index (κ3) is 2.08. The number of carbonyl (C=O) groups is 1. The minimum Gasteiger partial charge on any atom is -0.481 e. The first kappa shape index (κ1) is 13.4. The van der Waals surface area contributed by atoms with E-state index >= 15 is 0 Å². The molecule has 5 heteroatoms. The van der Waals surface area contributed by atoms with Crippen molar-refractivity contribution in [1.82, 2.24) is 9.55 Å². The summed E-state index contributed by atoms with van der Waals surface area (Å²) in [5, 5.41) is 10.2. The van der Waals surface area contributed by atoms with Crippen LogP contribution in [0.2, 0.25) is 5.02 Å². The van der Waals surface area contributed by atoms with Crippen LogP contribution in [-0.2, 0) is 18.3 Å². The Labute approximate surface area is 122 Å². The summed E-state index contributed by atoms with van der Waals surface area (Å²) in [6.45, 7) is 0. The number of aromatic nitrogens is 2. The van der Waals surface area contributed by atoms with E-state index in [9.17, 15) is 9.90 Å². The maximum absolute atomic E-state index is 11.7. The molecule has 0 spiro atoms. The van der Waals surface area contributed by atoms with E-state index < -0.39 is 11.4 Å². The summed E-state index contributed by atoms with van der Waals surface area (Å²) in [6, 6.07) is 5.56. The van der Waals surface area contributed by atoms with Gasteiger partial charge in [-0.05, 0) is 31.0 Å². The fourth-order valence-electron chi connectivity index (χ4n) is 3.19. The Bertz CT molecular complexity index is 672. The van der Waals surface area contributed by atoms with Crippen molar-refractivity contribution in [3.63, 3.8) is 0 Å². The van der Waals surface area contributed by atoms with Crippen molar-refractivity contribution in [3.05, 3.63) is 29.0 Å². The largest absolute Gasteiger partial charge is 0.481 e. The molecule has 0 aliphatic heterocycles. The number of carboxylic acids is 1. The number of carboxylic acid groups (broad SMARTS) is 1. The van der Waals surface area contributed by atoms with Crippen molar-refractivity contribution in [2.45, 2.75) is 32.1 Å². The lowest BCUT2D eigenvalue weighted by Gasteiger charge is -2.23. The monoisotopic (exact) mass is 292 g/mol. The average molecular weight is 293 g/mol. The second-order valence-electron chi connectivity index (χ2n) is 5.69. The third-order valence-corrected chi connectivity index (χ3v) is 4.68. The van der Waals surface area contributed by atoms with E-state index in [0.29, 0.717) is 11.4 Å². The van der Waals surface area contributed by atoms with E-state index in [1.54, 1.807) is 0 Å². The van der Waals surface area contributed by atoms with Crippen LogP contribution in [0.5, 0.6) is 0 Å². The number of hydrogen-bond donors (Lipinski definition) is 1. The smallest absolute Gasteiger partial charge is 0.310 e. The van der Waals surface area contributed by atoms with Crippen LogP contribution in [0.1, 0.15) is 31.5 Å². The Morgan fingerprint density at radius 2 is 2.15 bits per heavy atom.